The first kappa shape index (κ1) is 27.2. The first-order valence-corrected chi connectivity index (χ1v) is 12.2. The number of fused-ring (bicyclic) bond motifs is 1. The van der Waals surface area contributed by atoms with Crippen LogP contribution in [0.2, 0.25) is 5.02 Å². The number of nitro benzene ring substituents is 1. The third-order valence-corrected chi connectivity index (χ3v) is 6.40. The summed E-state index contributed by atoms with van der Waals surface area (Å²) in [6.45, 7) is 1.59. The number of carbonyl (C=O) groups is 2. The molecular weight excluding hydrogens is 561 g/mol. The molecule has 4 aromatic rings. The van der Waals surface area contributed by atoms with Crippen molar-refractivity contribution < 1.29 is 28.1 Å². The SMILES string of the molecule is COC(=O)c1ccnc(NC(=O)C2=C(C)NC(Nc3nc4ccc(F)cc4o3)=NC2c2cccc([N+](=O)[O-])c2Cl)c1. The summed E-state index contributed by atoms with van der Waals surface area (Å²) < 4.78 is 23.9. The van der Waals surface area contributed by atoms with Gasteiger partial charge in [-0.05, 0) is 31.2 Å². The highest BCUT2D eigenvalue weighted by Gasteiger charge is 2.33. The number of nitrogens with one attached hydrogen (secondary N) is 3. The monoisotopic (exact) mass is 579 g/mol. The van der Waals surface area contributed by atoms with Crippen LogP contribution in [0, 0.1) is 15.9 Å². The molecule has 15 heteroatoms. The summed E-state index contributed by atoms with van der Waals surface area (Å²) in [7, 11) is 1.22. The van der Waals surface area contributed by atoms with Gasteiger partial charge in [0, 0.05) is 29.6 Å². The smallest absolute Gasteiger partial charge is 0.338 e. The van der Waals surface area contributed by atoms with Crippen LogP contribution < -0.4 is 16.0 Å². The van der Waals surface area contributed by atoms with E-state index in [0.717, 1.165) is 0 Å². The molecule has 0 bridgehead atoms. The number of aromatic nitrogens is 2. The van der Waals surface area contributed by atoms with Crippen molar-refractivity contribution in [1.29, 1.82) is 0 Å². The fourth-order valence-electron chi connectivity index (χ4n) is 4.13. The fourth-order valence-corrected chi connectivity index (χ4v) is 4.43. The van der Waals surface area contributed by atoms with Crippen LogP contribution in [-0.2, 0) is 9.53 Å². The number of benzene rings is 2. The lowest BCUT2D eigenvalue weighted by Gasteiger charge is -2.26. The third kappa shape index (κ3) is 5.53. The number of esters is 1. The van der Waals surface area contributed by atoms with Crippen LogP contribution in [0.3, 0.4) is 0 Å². The van der Waals surface area contributed by atoms with Gasteiger partial charge in [-0.25, -0.2) is 19.2 Å². The molecule has 0 spiro atoms. The molecule has 3 N–H and O–H groups in total. The van der Waals surface area contributed by atoms with E-state index in [9.17, 15) is 24.1 Å². The molecule has 1 unspecified atom stereocenters. The molecule has 1 amide bonds. The minimum Gasteiger partial charge on any atom is -0.465 e. The van der Waals surface area contributed by atoms with Crippen LogP contribution in [-0.4, -0.2) is 39.8 Å². The first-order chi connectivity index (χ1) is 19.6. The van der Waals surface area contributed by atoms with E-state index in [1.54, 1.807) is 6.92 Å². The van der Waals surface area contributed by atoms with Crippen molar-refractivity contribution in [3.8, 4) is 0 Å². The van der Waals surface area contributed by atoms with Crippen molar-refractivity contribution in [2.75, 3.05) is 17.7 Å². The van der Waals surface area contributed by atoms with Gasteiger partial charge in [-0.3, -0.25) is 20.2 Å². The van der Waals surface area contributed by atoms with Gasteiger partial charge < -0.3 is 19.8 Å². The predicted molar refractivity (Wildman–Crippen MR) is 146 cm³/mol. The first-order valence-electron chi connectivity index (χ1n) is 11.8. The second kappa shape index (κ2) is 11.0. The molecule has 0 fully saturated rings. The molecule has 208 valence electrons. The molecule has 0 saturated carbocycles. The molecular formula is C26H19ClFN7O6. The van der Waals surface area contributed by atoms with Gasteiger partial charge in [-0.1, -0.05) is 23.7 Å². The number of guanidine groups is 1. The number of ether oxygens (including phenoxy) is 1. The van der Waals surface area contributed by atoms with Gasteiger partial charge in [-0.15, -0.1) is 0 Å². The molecule has 41 heavy (non-hydrogen) atoms. The molecule has 0 saturated heterocycles. The average molecular weight is 580 g/mol. The highest BCUT2D eigenvalue weighted by molar-refractivity contribution is 6.33. The summed E-state index contributed by atoms with van der Waals surface area (Å²) in [6.07, 6.45) is 1.32. The number of halogens is 2. The maximum absolute atomic E-state index is 13.6. The lowest BCUT2D eigenvalue weighted by atomic mass is 9.95. The van der Waals surface area contributed by atoms with E-state index in [-0.39, 0.29) is 50.8 Å². The number of oxazole rings is 1. The average Bonchev–Trinajstić information content (AvgIpc) is 3.33. The minimum absolute atomic E-state index is 0.0229. The van der Waals surface area contributed by atoms with Crippen molar-refractivity contribution in [2.45, 2.75) is 13.0 Å². The number of rotatable bonds is 6. The van der Waals surface area contributed by atoms with E-state index in [0.29, 0.717) is 11.2 Å². The van der Waals surface area contributed by atoms with Gasteiger partial charge in [0.2, 0.25) is 5.96 Å². The van der Waals surface area contributed by atoms with Crippen LogP contribution in [0.25, 0.3) is 11.1 Å². The summed E-state index contributed by atoms with van der Waals surface area (Å²) in [6, 6.07) is 9.59. The number of pyridine rings is 1. The number of nitro groups is 1. The number of anilines is 2. The number of amides is 1. The normalized spacial score (nSPS) is 14.7. The van der Waals surface area contributed by atoms with Crippen LogP contribution in [0.15, 0.2) is 75.4 Å². The number of hydrogen-bond donors (Lipinski definition) is 3. The van der Waals surface area contributed by atoms with E-state index in [1.807, 2.05) is 0 Å². The number of allylic oxidation sites excluding steroid dienone is 1. The zero-order chi connectivity index (χ0) is 29.3. The molecule has 3 heterocycles. The molecule has 2 aromatic carbocycles. The Kier molecular flexibility index (Phi) is 7.31. The summed E-state index contributed by atoms with van der Waals surface area (Å²) in [5, 5.41) is 19.8. The summed E-state index contributed by atoms with van der Waals surface area (Å²) in [5.74, 6) is -1.67. The van der Waals surface area contributed by atoms with Gasteiger partial charge >= 0.3 is 12.0 Å². The summed E-state index contributed by atoms with van der Waals surface area (Å²) >= 11 is 6.43. The van der Waals surface area contributed by atoms with E-state index in [2.05, 4.69) is 30.9 Å². The third-order valence-electron chi connectivity index (χ3n) is 5.98. The Hall–Kier alpha value is -5.37. The highest BCUT2D eigenvalue weighted by atomic mass is 35.5. The predicted octanol–water partition coefficient (Wildman–Crippen LogP) is 4.74. The van der Waals surface area contributed by atoms with Crippen molar-refractivity contribution >= 4 is 58.1 Å². The molecule has 1 atom stereocenters. The molecule has 2 aromatic heterocycles. The summed E-state index contributed by atoms with van der Waals surface area (Å²) in [4.78, 5) is 49.3. The highest BCUT2D eigenvalue weighted by Crippen LogP contribution is 2.39. The number of methoxy groups -OCH3 is 1. The molecule has 13 nitrogen and oxygen atoms in total. The van der Waals surface area contributed by atoms with E-state index in [4.69, 9.17) is 20.8 Å². The minimum atomic E-state index is -1.14. The Balaban J connectivity index is 1.53. The van der Waals surface area contributed by atoms with Crippen molar-refractivity contribution in [3.05, 3.63) is 98.1 Å². The van der Waals surface area contributed by atoms with Crippen LogP contribution in [0.5, 0.6) is 0 Å². The second-order valence-electron chi connectivity index (χ2n) is 8.61. The Morgan fingerprint density at radius 2 is 2.02 bits per heavy atom. The molecule has 5 rings (SSSR count). The van der Waals surface area contributed by atoms with Crippen LogP contribution in [0.4, 0.5) is 21.9 Å². The second-order valence-corrected chi connectivity index (χ2v) is 8.99. The lowest BCUT2D eigenvalue weighted by molar-refractivity contribution is -0.384. The maximum atomic E-state index is 13.6. The largest absolute Gasteiger partial charge is 0.465 e. The number of hydrogen-bond acceptors (Lipinski definition) is 11. The Morgan fingerprint density at radius 3 is 2.78 bits per heavy atom. The van der Waals surface area contributed by atoms with Crippen molar-refractivity contribution in [2.24, 2.45) is 4.99 Å². The zero-order valence-corrected chi connectivity index (χ0v) is 22.0. The fraction of sp³-hybridized carbons (Fsp3) is 0.115. The quantitative estimate of drug-likeness (QED) is 0.164. The van der Waals surface area contributed by atoms with Crippen LogP contribution in [0.1, 0.15) is 28.9 Å². The summed E-state index contributed by atoms with van der Waals surface area (Å²) in [5.41, 5.74) is 0.891. The van der Waals surface area contributed by atoms with Gasteiger partial charge in [0.15, 0.2) is 5.58 Å². The maximum Gasteiger partial charge on any atom is 0.338 e. The standard InChI is InChI=1S/C26H19ClFN7O6/c1-12-20(23(36)32-19-10-13(8-9-29-19)24(37)40-2)22(15-4-3-5-17(21(15)27)35(38)39)33-25(30-12)34-26-31-16-7-6-14(28)11-18(16)41-26/h3-11,22H,1-2H3,(H,29,32,36)(H2,30,31,33,34). The number of nitrogens with zero attached hydrogens (tertiary/aromatic N) is 4. The van der Waals surface area contributed by atoms with Crippen molar-refractivity contribution in [1.82, 2.24) is 15.3 Å². The van der Waals surface area contributed by atoms with E-state index in [1.165, 1.54) is 61.8 Å². The number of carbonyl (C=O) groups excluding carboxylic acids is 2. The lowest BCUT2D eigenvalue weighted by Crippen LogP contribution is -2.37. The Bertz CT molecular complexity index is 1790. The number of aliphatic imine (C=N–C) groups is 1. The van der Waals surface area contributed by atoms with E-state index < -0.39 is 28.7 Å². The molecule has 0 radical (unpaired) electrons. The molecule has 0 aliphatic carbocycles. The Morgan fingerprint density at radius 1 is 1.22 bits per heavy atom. The van der Waals surface area contributed by atoms with Gasteiger partial charge in [0.1, 0.15) is 28.2 Å². The zero-order valence-electron chi connectivity index (χ0n) is 21.3. The Labute approximate surface area is 235 Å². The van der Waals surface area contributed by atoms with Gasteiger partial charge in [0.05, 0.1) is 23.2 Å². The van der Waals surface area contributed by atoms with E-state index >= 15 is 0 Å². The van der Waals surface area contributed by atoms with Crippen LogP contribution >= 0.6 is 11.6 Å². The van der Waals surface area contributed by atoms with Crippen molar-refractivity contribution in [3.63, 3.8) is 0 Å². The van der Waals surface area contributed by atoms with Gasteiger partial charge in [-0.2, -0.15) is 4.98 Å². The van der Waals surface area contributed by atoms with Gasteiger partial charge in [0.25, 0.3) is 11.6 Å². The molecule has 1 aliphatic heterocycles. The molecule has 1 aliphatic rings. The topological polar surface area (TPSA) is 174 Å².